The third-order valence-electron chi connectivity index (χ3n) is 6.96. The monoisotopic (exact) mass is 518 g/mol. The Morgan fingerprint density at radius 2 is 0.921 bits per heavy atom. The summed E-state index contributed by atoms with van der Waals surface area (Å²) >= 11 is 0. The average Bonchev–Trinajstić information content (AvgIpc) is 2.92. The fourth-order valence-electron chi connectivity index (χ4n) is 4.69. The van der Waals surface area contributed by atoms with E-state index in [2.05, 4.69) is 13.8 Å². The molecule has 0 amide bonds. The molecule has 38 heavy (non-hydrogen) atoms. The molecule has 0 radical (unpaired) electrons. The lowest BCUT2D eigenvalue weighted by atomic mass is 9.98. The molecule has 0 spiro atoms. The molecular weight excluding hydrogens is 472 g/mol. The molecule has 3 aromatic rings. The van der Waals surface area contributed by atoms with Crippen LogP contribution in [0.4, 0.5) is 0 Å². The highest BCUT2D eigenvalue weighted by Gasteiger charge is 2.11. The minimum atomic E-state index is 0.185. The van der Waals surface area contributed by atoms with Crippen LogP contribution in [0, 0.1) is 0 Å². The van der Waals surface area contributed by atoms with Crippen LogP contribution in [-0.2, 0) is 0 Å². The first-order chi connectivity index (χ1) is 18.6. The first-order valence-electron chi connectivity index (χ1n) is 14.6. The molecule has 0 fully saturated rings. The van der Waals surface area contributed by atoms with Gasteiger partial charge in [-0.25, -0.2) is 0 Å². The molecule has 0 unspecified atom stereocenters. The summed E-state index contributed by atoms with van der Waals surface area (Å²) in [6, 6.07) is 18.8. The van der Waals surface area contributed by atoms with Gasteiger partial charge in [0.25, 0.3) is 0 Å². The Hall–Kier alpha value is -3.14. The number of phenols is 2. The number of unbranched alkanes of at least 4 members (excludes halogenated alkanes) is 10. The minimum absolute atomic E-state index is 0.185. The number of rotatable bonds is 18. The lowest BCUT2D eigenvalue weighted by Crippen LogP contribution is -1.97. The van der Waals surface area contributed by atoms with Crippen molar-refractivity contribution in [1.82, 2.24) is 0 Å². The van der Waals surface area contributed by atoms with Crippen LogP contribution in [0.3, 0.4) is 0 Å². The highest BCUT2D eigenvalue weighted by Crippen LogP contribution is 2.37. The molecule has 0 atom stereocenters. The molecular formula is C34H46O4. The summed E-state index contributed by atoms with van der Waals surface area (Å²) in [6.45, 7) is 5.78. The fraction of sp³-hybridized carbons (Fsp3) is 0.471. The van der Waals surface area contributed by atoms with Crippen molar-refractivity contribution in [1.29, 1.82) is 0 Å². The third-order valence-corrected chi connectivity index (χ3v) is 6.96. The molecule has 0 aliphatic rings. The highest BCUT2D eigenvalue weighted by atomic mass is 16.5. The van der Waals surface area contributed by atoms with Crippen LogP contribution in [0.1, 0.15) is 90.9 Å². The second kappa shape index (κ2) is 16.7. The summed E-state index contributed by atoms with van der Waals surface area (Å²) in [5, 5.41) is 21.4. The van der Waals surface area contributed by atoms with Crippen molar-refractivity contribution in [2.75, 3.05) is 13.2 Å². The molecule has 0 bridgehead atoms. The standard InChI is InChI=1S/C34H46O4/c1-3-5-7-9-11-13-22-37-29-18-20-31(33(35)25-29)27-16-15-17-28(24-27)32-21-19-30(26-34(32)36)38-23-14-12-10-8-6-4-2/h15-21,24-26,35-36H,3-14,22-23H2,1-2H3. The predicted octanol–water partition coefficient (Wildman–Crippen LogP) is 9.91. The van der Waals surface area contributed by atoms with E-state index in [4.69, 9.17) is 9.47 Å². The lowest BCUT2D eigenvalue weighted by Gasteiger charge is -2.12. The van der Waals surface area contributed by atoms with E-state index in [1.165, 1.54) is 64.2 Å². The quantitative estimate of drug-likeness (QED) is 0.164. The molecule has 0 saturated carbocycles. The number of ether oxygens (including phenoxy) is 2. The fourth-order valence-corrected chi connectivity index (χ4v) is 4.69. The molecule has 3 aromatic carbocycles. The van der Waals surface area contributed by atoms with Gasteiger partial charge in [-0.15, -0.1) is 0 Å². The van der Waals surface area contributed by atoms with Crippen LogP contribution < -0.4 is 9.47 Å². The third kappa shape index (κ3) is 9.63. The Morgan fingerprint density at radius 1 is 0.500 bits per heavy atom. The molecule has 4 nitrogen and oxygen atoms in total. The normalized spacial score (nSPS) is 11.0. The maximum atomic E-state index is 10.7. The number of aromatic hydroxyl groups is 2. The van der Waals surface area contributed by atoms with Crippen molar-refractivity contribution in [2.24, 2.45) is 0 Å². The van der Waals surface area contributed by atoms with E-state index in [9.17, 15) is 10.2 Å². The van der Waals surface area contributed by atoms with Gasteiger partial charge in [-0.05, 0) is 54.3 Å². The Balaban J connectivity index is 1.56. The van der Waals surface area contributed by atoms with E-state index in [0.29, 0.717) is 24.7 Å². The van der Waals surface area contributed by atoms with Crippen molar-refractivity contribution in [2.45, 2.75) is 90.9 Å². The first-order valence-corrected chi connectivity index (χ1v) is 14.6. The molecule has 4 heteroatoms. The van der Waals surface area contributed by atoms with E-state index in [-0.39, 0.29) is 11.5 Å². The minimum Gasteiger partial charge on any atom is -0.507 e. The largest absolute Gasteiger partial charge is 0.507 e. The van der Waals surface area contributed by atoms with Crippen molar-refractivity contribution >= 4 is 0 Å². The van der Waals surface area contributed by atoms with E-state index in [0.717, 1.165) is 35.1 Å². The molecule has 0 aliphatic carbocycles. The second-order valence-electron chi connectivity index (χ2n) is 10.2. The zero-order valence-corrected chi connectivity index (χ0v) is 23.4. The van der Waals surface area contributed by atoms with Crippen molar-refractivity contribution < 1.29 is 19.7 Å². The number of phenolic OH excluding ortho intramolecular Hbond substituents is 2. The van der Waals surface area contributed by atoms with Crippen LogP contribution in [0.25, 0.3) is 22.3 Å². The molecule has 0 heterocycles. The van der Waals surface area contributed by atoms with Gasteiger partial charge in [0.2, 0.25) is 0 Å². The zero-order valence-electron chi connectivity index (χ0n) is 23.4. The van der Waals surface area contributed by atoms with Crippen LogP contribution in [-0.4, -0.2) is 23.4 Å². The maximum absolute atomic E-state index is 10.7. The van der Waals surface area contributed by atoms with Crippen molar-refractivity contribution in [3.8, 4) is 45.3 Å². The summed E-state index contributed by atoms with van der Waals surface area (Å²) in [5.41, 5.74) is 3.23. The SMILES string of the molecule is CCCCCCCCOc1ccc(-c2cccc(-c3ccc(OCCCCCCCC)cc3O)c2)c(O)c1. The van der Waals surface area contributed by atoms with E-state index < -0.39 is 0 Å². The topological polar surface area (TPSA) is 58.9 Å². The van der Waals surface area contributed by atoms with Crippen LogP contribution >= 0.6 is 0 Å². The predicted molar refractivity (Wildman–Crippen MR) is 158 cm³/mol. The smallest absolute Gasteiger partial charge is 0.127 e. The van der Waals surface area contributed by atoms with E-state index >= 15 is 0 Å². The summed E-state index contributed by atoms with van der Waals surface area (Å²) in [4.78, 5) is 0. The van der Waals surface area contributed by atoms with Gasteiger partial charge in [0, 0.05) is 23.3 Å². The summed E-state index contributed by atoms with van der Waals surface area (Å²) in [5.74, 6) is 1.74. The molecule has 3 rings (SSSR count). The Morgan fingerprint density at radius 3 is 1.34 bits per heavy atom. The number of hydrogen-bond donors (Lipinski definition) is 2. The van der Waals surface area contributed by atoms with Crippen molar-refractivity contribution in [3.05, 3.63) is 60.7 Å². The Kier molecular flexibility index (Phi) is 12.9. The Bertz CT molecular complexity index is 1010. The summed E-state index contributed by atoms with van der Waals surface area (Å²) < 4.78 is 11.7. The van der Waals surface area contributed by atoms with Gasteiger partial charge in [0.15, 0.2) is 0 Å². The molecule has 0 aromatic heterocycles. The highest BCUT2D eigenvalue weighted by molar-refractivity contribution is 5.79. The number of hydrogen-bond acceptors (Lipinski definition) is 4. The molecule has 206 valence electrons. The van der Waals surface area contributed by atoms with Gasteiger partial charge in [0.1, 0.15) is 23.0 Å². The first kappa shape index (κ1) is 29.4. The lowest BCUT2D eigenvalue weighted by molar-refractivity contribution is 0.302. The zero-order chi connectivity index (χ0) is 27.0. The van der Waals surface area contributed by atoms with Crippen LogP contribution in [0.2, 0.25) is 0 Å². The Labute approximate surface area is 229 Å². The molecule has 0 aliphatic heterocycles. The van der Waals surface area contributed by atoms with Crippen molar-refractivity contribution in [3.63, 3.8) is 0 Å². The van der Waals surface area contributed by atoms with Crippen LogP contribution in [0.15, 0.2) is 60.7 Å². The van der Waals surface area contributed by atoms with Gasteiger partial charge in [0.05, 0.1) is 13.2 Å². The summed E-state index contributed by atoms with van der Waals surface area (Å²) in [7, 11) is 0. The van der Waals surface area contributed by atoms with E-state index in [1.54, 1.807) is 12.1 Å². The molecule has 0 saturated heterocycles. The van der Waals surface area contributed by atoms with Gasteiger partial charge in [-0.2, -0.15) is 0 Å². The van der Waals surface area contributed by atoms with Gasteiger partial charge in [-0.3, -0.25) is 0 Å². The van der Waals surface area contributed by atoms with Gasteiger partial charge in [-0.1, -0.05) is 96.3 Å². The second-order valence-corrected chi connectivity index (χ2v) is 10.2. The maximum Gasteiger partial charge on any atom is 0.127 e. The number of benzene rings is 3. The van der Waals surface area contributed by atoms with Gasteiger partial charge < -0.3 is 19.7 Å². The molecule has 2 N–H and O–H groups in total. The van der Waals surface area contributed by atoms with Crippen LogP contribution in [0.5, 0.6) is 23.0 Å². The van der Waals surface area contributed by atoms with E-state index in [1.807, 2.05) is 48.5 Å². The van der Waals surface area contributed by atoms with Gasteiger partial charge >= 0.3 is 0 Å². The summed E-state index contributed by atoms with van der Waals surface area (Å²) in [6.07, 6.45) is 14.6. The average molecular weight is 519 g/mol.